The molecule has 2 amide bonds. The largest absolute Gasteiger partial charge is 0.497 e. The van der Waals surface area contributed by atoms with Gasteiger partial charge in [-0.3, -0.25) is 9.59 Å². The first-order valence-electron chi connectivity index (χ1n) is 10.7. The van der Waals surface area contributed by atoms with Crippen LogP contribution in [0.15, 0.2) is 48.5 Å². The number of thioether (sulfide) groups is 1. The van der Waals surface area contributed by atoms with Gasteiger partial charge in [0.25, 0.3) is 0 Å². The molecule has 1 N–H and O–H groups in total. The second kappa shape index (κ2) is 12.4. The molecule has 2 aromatic rings. The lowest BCUT2D eigenvalue weighted by Gasteiger charge is -2.30. The van der Waals surface area contributed by atoms with Crippen LogP contribution in [0.1, 0.15) is 43.9 Å². The summed E-state index contributed by atoms with van der Waals surface area (Å²) in [5.74, 6) is 1.71. The van der Waals surface area contributed by atoms with Crippen molar-refractivity contribution in [2.24, 2.45) is 0 Å². The second-order valence-electron chi connectivity index (χ2n) is 7.78. The molecular weight excluding hydrogens is 408 g/mol. The average molecular weight is 443 g/mol. The first kappa shape index (κ1) is 24.8. The molecule has 0 spiro atoms. The average Bonchev–Trinajstić information content (AvgIpc) is 2.78. The fourth-order valence-electron chi connectivity index (χ4n) is 3.08. The molecule has 31 heavy (non-hydrogen) atoms. The van der Waals surface area contributed by atoms with Gasteiger partial charge in [0.15, 0.2) is 0 Å². The highest BCUT2D eigenvalue weighted by molar-refractivity contribution is 7.99. The van der Waals surface area contributed by atoms with Crippen molar-refractivity contribution >= 4 is 23.6 Å². The number of carbonyl (C=O) groups excluding carboxylic acids is 2. The molecule has 0 unspecified atom stereocenters. The summed E-state index contributed by atoms with van der Waals surface area (Å²) in [6.45, 7) is 8.26. The van der Waals surface area contributed by atoms with Crippen LogP contribution in [-0.4, -0.2) is 41.7 Å². The van der Waals surface area contributed by atoms with Crippen LogP contribution in [0.25, 0.3) is 0 Å². The van der Waals surface area contributed by atoms with Gasteiger partial charge in [0.05, 0.1) is 12.9 Å². The van der Waals surface area contributed by atoms with Crippen molar-refractivity contribution < 1.29 is 14.3 Å². The van der Waals surface area contributed by atoms with E-state index in [2.05, 4.69) is 5.32 Å². The Morgan fingerprint density at radius 1 is 1.10 bits per heavy atom. The predicted octanol–water partition coefficient (Wildman–Crippen LogP) is 4.57. The normalized spacial score (nSPS) is 12.7. The van der Waals surface area contributed by atoms with Crippen molar-refractivity contribution in [2.45, 2.75) is 58.5 Å². The lowest BCUT2D eigenvalue weighted by molar-refractivity contribution is -0.138. The van der Waals surface area contributed by atoms with Gasteiger partial charge < -0.3 is 15.0 Å². The summed E-state index contributed by atoms with van der Waals surface area (Å²) in [7, 11) is 1.64. The zero-order valence-electron chi connectivity index (χ0n) is 19.2. The number of carbonyl (C=O) groups is 2. The van der Waals surface area contributed by atoms with Gasteiger partial charge >= 0.3 is 0 Å². The molecule has 0 bridgehead atoms. The minimum absolute atomic E-state index is 0.0337. The van der Waals surface area contributed by atoms with Crippen LogP contribution in [0.5, 0.6) is 5.75 Å². The zero-order valence-corrected chi connectivity index (χ0v) is 20.0. The van der Waals surface area contributed by atoms with E-state index < -0.39 is 6.04 Å². The quantitative estimate of drug-likeness (QED) is 0.554. The molecule has 2 aromatic carbocycles. The number of amides is 2. The number of rotatable bonds is 11. The van der Waals surface area contributed by atoms with Crippen LogP contribution < -0.4 is 10.1 Å². The van der Waals surface area contributed by atoms with Gasteiger partial charge in [-0.05, 0) is 56.0 Å². The third-order valence-corrected chi connectivity index (χ3v) is 6.41. The van der Waals surface area contributed by atoms with Crippen molar-refractivity contribution in [2.75, 3.05) is 12.9 Å². The highest BCUT2D eigenvalue weighted by atomic mass is 32.2. The Kier molecular flexibility index (Phi) is 9.92. The van der Waals surface area contributed by atoms with Gasteiger partial charge in [-0.15, -0.1) is 11.8 Å². The van der Waals surface area contributed by atoms with Crippen LogP contribution >= 0.6 is 11.8 Å². The van der Waals surface area contributed by atoms with E-state index in [9.17, 15) is 9.59 Å². The summed E-state index contributed by atoms with van der Waals surface area (Å²) in [4.78, 5) is 27.6. The minimum Gasteiger partial charge on any atom is -0.497 e. The smallest absolute Gasteiger partial charge is 0.242 e. The number of hydrogen-bond acceptors (Lipinski definition) is 4. The van der Waals surface area contributed by atoms with Crippen molar-refractivity contribution in [3.05, 3.63) is 65.2 Å². The third-order valence-electron chi connectivity index (χ3n) is 5.42. The van der Waals surface area contributed by atoms with E-state index in [1.165, 1.54) is 0 Å². The predicted molar refractivity (Wildman–Crippen MR) is 128 cm³/mol. The number of ether oxygens (including phenoxy) is 1. The van der Waals surface area contributed by atoms with Gasteiger partial charge in [-0.25, -0.2) is 0 Å². The molecule has 168 valence electrons. The van der Waals surface area contributed by atoms with E-state index in [0.717, 1.165) is 34.6 Å². The van der Waals surface area contributed by atoms with E-state index in [1.54, 1.807) is 23.8 Å². The molecule has 0 aromatic heterocycles. The molecule has 0 aliphatic carbocycles. The number of aryl methyl sites for hydroxylation is 1. The fraction of sp³-hybridized carbons (Fsp3) is 0.440. The van der Waals surface area contributed by atoms with E-state index in [1.807, 2.05) is 76.2 Å². The minimum atomic E-state index is -0.539. The van der Waals surface area contributed by atoms with Crippen LogP contribution in [0.4, 0.5) is 0 Å². The Morgan fingerprint density at radius 2 is 1.77 bits per heavy atom. The van der Waals surface area contributed by atoms with Crippen molar-refractivity contribution in [1.29, 1.82) is 0 Å². The van der Waals surface area contributed by atoms with Gasteiger partial charge in [-0.2, -0.15) is 0 Å². The number of hydrogen-bond donors (Lipinski definition) is 1. The van der Waals surface area contributed by atoms with Crippen LogP contribution in [0, 0.1) is 6.92 Å². The molecule has 2 atom stereocenters. The van der Waals surface area contributed by atoms with Gasteiger partial charge in [-0.1, -0.05) is 43.3 Å². The Hall–Kier alpha value is -2.47. The van der Waals surface area contributed by atoms with Crippen LogP contribution in [-0.2, 0) is 21.9 Å². The topological polar surface area (TPSA) is 58.6 Å². The zero-order chi connectivity index (χ0) is 22.8. The van der Waals surface area contributed by atoms with Gasteiger partial charge in [0, 0.05) is 18.3 Å². The number of benzene rings is 2. The highest BCUT2D eigenvalue weighted by Crippen LogP contribution is 2.19. The molecule has 5 nitrogen and oxygen atoms in total. The molecule has 2 rings (SSSR count). The van der Waals surface area contributed by atoms with Crippen molar-refractivity contribution in [3.8, 4) is 5.75 Å². The molecule has 6 heteroatoms. The first-order valence-corrected chi connectivity index (χ1v) is 11.9. The summed E-state index contributed by atoms with van der Waals surface area (Å²) in [5.41, 5.74) is 3.30. The molecule has 0 aliphatic rings. The molecule has 0 radical (unpaired) electrons. The summed E-state index contributed by atoms with van der Waals surface area (Å²) < 4.78 is 5.19. The summed E-state index contributed by atoms with van der Waals surface area (Å²) in [6.07, 6.45) is 0.849. The molecular formula is C25H34N2O3S. The lowest BCUT2D eigenvalue weighted by Crippen LogP contribution is -2.50. The van der Waals surface area contributed by atoms with Crippen molar-refractivity contribution in [3.63, 3.8) is 0 Å². The Labute approximate surface area is 190 Å². The number of nitrogens with zero attached hydrogens (tertiary/aromatic N) is 1. The molecule has 0 saturated carbocycles. The highest BCUT2D eigenvalue weighted by Gasteiger charge is 2.27. The maximum Gasteiger partial charge on any atom is 0.242 e. The van der Waals surface area contributed by atoms with Gasteiger partial charge in [0.1, 0.15) is 11.8 Å². The fourth-order valence-corrected chi connectivity index (χ4v) is 3.95. The molecule has 0 saturated heterocycles. The monoisotopic (exact) mass is 442 g/mol. The summed E-state index contributed by atoms with van der Waals surface area (Å²) in [6, 6.07) is 15.4. The van der Waals surface area contributed by atoms with E-state index >= 15 is 0 Å². The second-order valence-corrected chi connectivity index (χ2v) is 8.77. The summed E-state index contributed by atoms with van der Waals surface area (Å²) >= 11 is 1.55. The lowest BCUT2D eigenvalue weighted by atomic mass is 10.1. The number of methoxy groups -OCH3 is 1. The van der Waals surface area contributed by atoms with Gasteiger partial charge in [0.2, 0.25) is 11.8 Å². The van der Waals surface area contributed by atoms with E-state index in [-0.39, 0.29) is 17.9 Å². The first-order chi connectivity index (χ1) is 14.8. The Balaban J connectivity index is 2.07. The maximum absolute atomic E-state index is 13.2. The Bertz CT molecular complexity index is 854. The van der Waals surface area contributed by atoms with E-state index in [0.29, 0.717) is 12.3 Å². The maximum atomic E-state index is 13.2. The third kappa shape index (κ3) is 7.62. The van der Waals surface area contributed by atoms with Crippen LogP contribution in [0.2, 0.25) is 0 Å². The summed E-state index contributed by atoms with van der Waals surface area (Å²) in [5, 5.41) is 3.01. The van der Waals surface area contributed by atoms with Crippen molar-refractivity contribution in [1.82, 2.24) is 10.2 Å². The number of nitrogens with one attached hydrogen (secondary N) is 1. The van der Waals surface area contributed by atoms with Crippen LogP contribution in [0.3, 0.4) is 0 Å². The molecule has 0 fully saturated rings. The Morgan fingerprint density at radius 3 is 2.39 bits per heavy atom. The molecule has 0 heterocycles. The SMILES string of the molecule is CC[C@H](C)NC(=O)[C@@H](C)N(Cc1ccccc1C)C(=O)CSCc1ccc(OC)cc1. The molecule has 0 aliphatic heterocycles. The van der Waals surface area contributed by atoms with E-state index in [4.69, 9.17) is 4.74 Å². The standard InChI is InChI=1S/C25H34N2O3S/c1-6-19(3)26-25(29)20(4)27(15-22-10-8-7-9-18(22)2)24(28)17-31-16-21-11-13-23(30-5)14-12-21/h7-14,19-20H,6,15-17H2,1-5H3,(H,26,29)/t19-,20+/m0/s1.